The maximum absolute atomic E-state index is 15.0. The number of carbonyl (C=O) groups excluding carboxylic acids is 3. The Kier molecular flexibility index (Phi) is 21.1. The lowest BCUT2D eigenvalue weighted by Crippen LogP contribution is -2.47. The third kappa shape index (κ3) is 13.7. The number of piperazine rings is 1. The van der Waals surface area contributed by atoms with Gasteiger partial charge in [0, 0.05) is 82.5 Å². The molecule has 5 rings (SSSR count). The van der Waals surface area contributed by atoms with E-state index in [0.29, 0.717) is 37.0 Å². The fraction of sp³-hybridized carbons (Fsp3) is 0.250. The minimum Gasteiger partial charge on any atom is -0.400 e. The zero-order chi connectivity index (χ0) is 36.4. The molecule has 1 aliphatic rings. The van der Waals surface area contributed by atoms with Gasteiger partial charge in [-0.3, -0.25) is 19.3 Å². The van der Waals surface area contributed by atoms with Crippen molar-refractivity contribution >= 4 is 52.8 Å². The molecule has 0 amide bonds. The van der Waals surface area contributed by atoms with E-state index in [1.54, 1.807) is 18.3 Å². The van der Waals surface area contributed by atoms with Crippen LogP contribution in [0.1, 0.15) is 0 Å². The fourth-order valence-corrected chi connectivity index (χ4v) is 4.58. The Balaban J connectivity index is 0.000000738. The molecule has 0 unspecified atom stereocenters. The van der Waals surface area contributed by atoms with Crippen LogP contribution < -0.4 is 15.5 Å². The smallest absolute Gasteiger partial charge is 0.227 e. The highest BCUT2D eigenvalue weighted by Gasteiger charge is 2.18. The van der Waals surface area contributed by atoms with Gasteiger partial charge in [-0.2, -0.15) is 0 Å². The van der Waals surface area contributed by atoms with Crippen molar-refractivity contribution in [3.63, 3.8) is 0 Å². The minimum absolute atomic E-state index is 0.162. The van der Waals surface area contributed by atoms with Gasteiger partial charge in [0.2, 0.25) is 5.95 Å². The Morgan fingerprint density at radius 3 is 2.12 bits per heavy atom. The van der Waals surface area contributed by atoms with Crippen molar-refractivity contribution in [3.05, 3.63) is 97.5 Å². The summed E-state index contributed by atoms with van der Waals surface area (Å²) in [6, 6.07) is 19.3. The third-order valence-corrected chi connectivity index (χ3v) is 6.79. The van der Waals surface area contributed by atoms with Gasteiger partial charge in [0.25, 0.3) is 0 Å². The zero-order valence-electron chi connectivity index (χ0n) is 28.0. The van der Waals surface area contributed by atoms with Gasteiger partial charge >= 0.3 is 0 Å². The number of benzene rings is 3. The predicted octanol–water partition coefficient (Wildman–Crippen LogP) is 3.86. The number of anilines is 4. The Morgan fingerprint density at radius 2 is 1.55 bits per heavy atom. The van der Waals surface area contributed by atoms with Gasteiger partial charge in [0.15, 0.2) is 0 Å². The van der Waals surface area contributed by atoms with Crippen LogP contribution in [-0.4, -0.2) is 110 Å². The maximum Gasteiger partial charge on any atom is 0.227 e. The number of aliphatic hydroxyl groups is 3. The lowest BCUT2D eigenvalue weighted by atomic mass is 10.0. The second-order valence-corrected chi connectivity index (χ2v) is 9.64. The molecule has 0 atom stereocenters. The van der Waals surface area contributed by atoms with Gasteiger partial charge in [-0.25, -0.2) is 14.4 Å². The van der Waals surface area contributed by atoms with Crippen molar-refractivity contribution in [2.24, 2.45) is 0 Å². The van der Waals surface area contributed by atoms with Crippen molar-refractivity contribution in [1.29, 1.82) is 0 Å². The molecule has 49 heavy (non-hydrogen) atoms. The van der Waals surface area contributed by atoms with Gasteiger partial charge in [-0.15, -0.1) is 0 Å². The van der Waals surface area contributed by atoms with Gasteiger partial charge in [0.1, 0.15) is 24.7 Å². The van der Waals surface area contributed by atoms with Crippen LogP contribution in [0, 0.1) is 5.82 Å². The summed E-state index contributed by atoms with van der Waals surface area (Å²) in [6.07, 6.45) is 6.96. The van der Waals surface area contributed by atoms with Crippen LogP contribution in [0.5, 0.6) is 0 Å². The van der Waals surface area contributed by atoms with Gasteiger partial charge < -0.3 is 30.9 Å². The Morgan fingerprint density at radius 1 is 0.898 bits per heavy atom. The number of carbonyl (C=O) groups is 3. The summed E-state index contributed by atoms with van der Waals surface area (Å²) in [7, 11) is 3.89. The summed E-state index contributed by atoms with van der Waals surface area (Å²) in [5, 5.41) is 30.3. The second-order valence-electron chi connectivity index (χ2n) is 9.64. The largest absolute Gasteiger partial charge is 0.400 e. The molecular formula is C36H45FN6O6. The normalized spacial score (nSPS) is 11.9. The van der Waals surface area contributed by atoms with E-state index in [0.717, 1.165) is 86.0 Å². The summed E-state index contributed by atoms with van der Waals surface area (Å²) < 4.78 is 15.0. The van der Waals surface area contributed by atoms with Crippen molar-refractivity contribution in [2.45, 2.75) is 0 Å². The average molecular weight is 677 g/mol. The quantitative estimate of drug-likeness (QED) is 0.122. The number of para-hydroxylation sites is 1. The third-order valence-electron chi connectivity index (χ3n) is 6.79. The monoisotopic (exact) mass is 676 g/mol. The predicted molar refractivity (Wildman–Crippen MR) is 194 cm³/mol. The molecule has 1 aliphatic heterocycles. The second kappa shape index (κ2) is 24.8. The Labute approximate surface area is 286 Å². The fourth-order valence-electron chi connectivity index (χ4n) is 4.58. The number of halogens is 1. The van der Waals surface area contributed by atoms with E-state index in [1.165, 1.54) is 6.08 Å². The molecule has 0 spiro atoms. The molecule has 0 radical (unpaired) electrons. The molecule has 3 aromatic carbocycles. The number of nitrogens with zero attached hydrogens (tertiary/aromatic N) is 4. The van der Waals surface area contributed by atoms with E-state index in [4.69, 9.17) is 25.1 Å². The first-order chi connectivity index (χ1) is 24.0. The topological polar surface area (TPSA) is 168 Å². The number of hydrogen-bond donors (Lipinski definition) is 5. The van der Waals surface area contributed by atoms with Gasteiger partial charge in [-0.05, 0) is 54.1 Å². The molecular weight excluding hydrogens is 631 g/mol. The lowest BCUT2D eigenvalue weighted by molar-refractivity contribution is -0.106. The summed E-state index contributed by atoms with van der Waals surface area (Å²) >= 11 is 0. The van der Waals surface area contributed by atoms with E-state index >= 15 is 4.39 Å². The number of rotatable bonds is 10. The Hall–Kier alpha value is -5.34. The van der Waals surface area contributed by atoms with Gasteiger partial charge in [-0.1, -0.05) is 36.9 Å². The molecule has 0 saturated carbocycles. The van der Waals surface area contributed by atoms with E-state index in [9.17, 15) is 9.59 Å². The van der Waals surface area contributed by atoms with Crippen molar-refractivity contribution in [2.75, 3.05) is 76.1 Å². The summed E-state index contributed by atoms with van der Waals surface area (Å²) in [6.45, 7) is 7.27. The highest BCUT2D eigenvalue weighted by molar-refractivity contribution is 5.94. The molecule has 0 aliphatic carbocycles. The van der Waals surface area contributed by atoms with Crippen LogP contribution >= 0.6 is 0 Å². The number of aromatic nitrogens is 2. The molecule has 262 valence electrons. The lowest BCUT2D eigenvalue weighted by Gasteiger charge is -2.35. The molecule has 13 heteroatoms. The average Bonchev–Trinajstić information content (AvgIpc) is 3.17. The van der Waals surface area contributed by atoms with Crippen molar-refractivity contribution in [1.82, 2.24) is 14.9 Å². The van der Waals surface area contributed by atoms with Crippen LogP contribution in [0.15, 0.2) is 91.7 Å². The van der Waals surface area contributed by atoms with Crippen LogP contribution in [0.25, 0.3) is 22.0 Å². The molecule has 2 heterocycles. The van der Waals surface area contributed by atoms with Crippen LogP contribution in [-0.2, 0) is 14.4 Å². The first-order valence-corrected chi connectivity index (χ1v) is 15.2. The molecule has 0 bridgehead atoms. The molecule has 5 N–H and O–H groups in total. The highest BCUT2D eigenvalue weighted by Crippen LogP contribution is 2.30. The number of fused-ring (bicyclic) bond motifs is 1. The molecule has 1 aromatic heterocycles. The Bertz CT molecular complexity index is 1600. The van der Waals surface area contributed by atoms with E-state index in [1.807, 2.05) is 49.5 Å². The first-order valence-electron chi connectivity index (χ1n) is 15.2. The zero-order valence-corrected chi connectivity index (χ0v) is 28.0. The molecule has 12 nitrogen and oxygen atoms in total. The number of allylic oxidation sites excluding steroid dienone is 3. The van der Waals surface area contributed by atoms with E-state index < -0.39 is 0 Å². The summed E-state index contributed by atoms with van der Waals surface area (Å²) in [5.41, 5.74) is 5.03. The number of aldehydes is 3. The molecule has 1 fully saturated rings. The SMILES string of the molecule is C=CC=O.CNc1cccc(-c2cccc3cnc(Nc4ccc(N5CCN(CCO)CC5)cc4F)nc23)c1.CO.CO.O=C/C=C\C=O. The van der Waals surface area contributed by atoms with Crippen LogP contribution in [0.4, 0.5) is 27.4 Å². The van der Waals surface area contributed by atoms with Crippen LogP contribution in [0.2, 0.25) is 0 Å². The van der Waals surface area contributed by atoms with Gasteiger partial charge in [0.05, 0.1) is 17.8 Å². The number of hydrogen-bond acceptors (Lipinski definition) is 12. The molecule has 4 aromatic rings. The molecule has 1 saturated heterocycles. The standard InChI is InChI=1S/C27H29FN6O.C4H4O2.C3H4O.2CH4O/c1-29-21-6-2-4-19(16-21)23-7-3-5-20-18-30-27(32-26(20)23)31-25-9-8-22(17-24(25)28)34-12-10-33(11-13-34)14-15-35;5-3-1-2-4-6;1-2-3-4;2*1-2/h2-9,16-18,29,35H,10-15H2,1H3,(H,30,31,32);1-4H;2-3H,1H2;2*2H,1H3/b;2-1-;;;. The number of β-amino-alcohol motifs (C(OH)–C–C–N with tert-alkyl or cyclic N) is 1. The van der Waals surface area contributed by atoms with Crippen molar-refractivity contribution < 1.29 is 34.1 Å². The summed E-state index contributed by atoms with van der Waals surface area (Å²) in [4.78, 5) is 41.2. The number of nitrogens with one attached hydrogen (secondary N) is 2. The number of aliphatic hydroxyl groups excluding tert-OH is 3. The minimum atomic E-state index is -0.348. The highest BCUT2D eigenvalue weighted by atomic mass is 19.1. The van der Waals surface area contributed by atoms with Crippen molar-refractivity contribution in [3.8, 4) is 11.1 Å². The summed E-state index contributed by atoms with van der Waals surface area (Å²) in [5.74, 6) is -0.00187. The maximum atomic E-state index is 15.0. The van der Waals surface area contributed by atoms with E-state index in [-0.39, 0.29) is 12.4 Å². The first kappa shape index (κ1) is 41.7. The van der Waals surface area contributed by atoms with Crippen LogP contribution in [0.3, 0.4) is 0 Å². The van der Waals surface area contributed by atoms with E-state index in [2.05, 4.69) is 38.1 Å².